The lowest BCUT2D eigenvalue weighted by Gasteiger charge is -2.15. The second-order valence-electron chi connectivity index (χ2n) is 17.0. The first-order valence-corrected chi connectivity index (χ1v) is 22.3. The summed E-state index contributed by atoms with van der Waals surface area (Å²) in [6.07, 6.45) is -4.61. The summed E-state index contributed by atoms with van der Waals surface area (Å²) in [5.74, 6) is 3.61. The molecule has 71 heavy (non-hydrogen) atoms. The van der Waals surface area contributed by atoms with Crippen LogP contribution in [0.4, 0.5) is 30.7 Å². The van der Waals surface area contributed by atoms with Crippen molar-refractivity contribution in [2.45, 2.75) is 13.1 Å². The van der Waals surface area contributed by atoms with Gasteiger partial charge in [0.25, 0.3) is 0 Å². The van der Waals surface area contributed by atoms with Crippen LogP contribution in [-0.4, -0.2) is 11.6 Å². The number of allylic oxidation sites excluding steroid dienone is 8. The number of ketones is 2. The normalized spacial score (nSPS) is 13.9. The van der Waals surface area contributed by atoms with Crippen LogP contribution >= 0.6 is 0 Å². The quantitative estimate of drug-likeness (QED) is 0.112. The highest BCUT2D eigenvalue weighted by Gasteiger charge is 2.38. The van der Waals surface area contributed by atoms with Crippen molar-refractivity contribution in [3.63, 3.8) is 0 Å². The van der Waals surface area contributed by atoms with Gasteiger partial charge in [0.2, 0.25) is 0 Å². The fourth-order valence-electron chi connectivity index (χ4n) is 9.06. The van der Waals surface area contributed by atoms with E-state index in [1.807, 2.05) is 55.5 Å². The van der Waals surface area contributed by atoms with E-state index < -0.39 is 40.8 Å². The molecule has 0 atom stereocenters. The van der Waals surface area contributed by atoms with Gasteiger partial charge in [-0.3, -0.25) is 9.59 Å². The van der Waals surface area contributed by atoms with Crippen LogP contribution in [0.5, 0.6) is 0 Å². The van der Waals surface area contributed by atoms with Crippen LogP contribution in [0.25, 0.3) is 44.6 Å². The molecule has 9 heteroatoms. The number of alkyl halides is 3. The Balaban J connectivity index is 1.05. The van der Waals surface area contributed by atoms with Crippen molar-refractivity contribution in [1.82, 2.24) is 0 Å². The molecule has 0 bridgehead atoms. The molecule has 0 saturated carbocycles. The molecule has 8 aromatic rings. The Morgan fingerprint density at radius 1 is 0.296 bits per heavy atom. The molecule has 0 aromatic heterocycles. The number of halogens is 7. The van der Waals surface area contributed by atoms with Crippen LogP contribution in [-0.2, 0) is 15.8 Å². The van der Waals surface area contributed by atoms with Crippen molar-refractivity contribution < 1.29 is 40.3 Å². The monoisotopic (exact) mass is 944 g/mol. The maximum atomic E-state index is 14.7. The summed E-state index contributed by atoms with van der Waals surface area (Å²) in [5, 5.41) is 0. The minimum atomic E-state index is -4.61. The third kappa shape index (κ3) is 9.00. The van der Waals surface area contributed by atoms with E-state index in [1.54, 1.807) is 48.5 Å². The molecular weight excluding hydrogens is 910 g/mol. The maximum absolute atomic E-state index is 14.7. The minimum Gasteiger partial charge on any atom is -0.289 e. The van der Waals surface area contributed by atoms with Crippen molar-refractivity contribution in [1.29, 1.82) is 0 Å². The molecule has 0 amide bonds. The van der Waals surface area contributed by atoms with E-state index in [1.165, 1.54) is 84.9 Å². The molecule has 10 rings (SSSR count). The smallest absolute Gasteiger partial charge is 0.289 e. The third-order valence-electron chi connectivity index (χ3n) is 12.5. The van der Waals surface area contributed by atoms with Gasteiger partial charge in [-0.05, 0) is 136 Å². The molecular formula is C62H35F7O2. The molecule has 2 nitrogen and oxygen atoms in total. The summed E-state index contributed by atoms with van der Waals surface area (Å²) in [6.45, 7) is 1.96. The van der Waals surface area contributed by atoms with Gasteiger partial charge in [0, 0.05) is 55.7 Å². The molecule has 0 radical (unpaired) electrons. The molecule has 0 unspecified atom stereocenters. The number of hydrogen-bond donors (Lipinski definition) is 0. The lowest BCUT2D eigenvalue weighted by molar-refractivity contribution is -0.137. The van der Waals surface area contributed by atoms with E-state index in [2.05, 4.69) is 11.8 Å². The van der Waals surface area contributed by atoms with Gasteiger partial charge in [-0.1, -0.05) is 127 Å². The molecule has 2 aliphatic carbocycles. The standard InChI is InChI=1S/C62H35F7O2/c1-36-2-10-39(11-3-36)52-53(57(44-20-30-49(64)31-21-44)60(70)56(52)43-18-28-48(63)29-19-43)40-12-6-37(7-13-40)4-5-38-8-14-41(15-9-38)54-55(42-16-26-47(27-17-42)62(67,68)69)59(46-24-34-51(66)35-25-46)61(71)58(54)45-22-32-50(65)33-23-45/h2-3,6-35H,1H3. The van der Waals surface area contributed by atoms with E-state index in [-0.39, 0.29) is 16.9 Å². The maximum Gasteiger partial charge on any atom is 0.416 e. The molecule has 0 fully saturated rings. The van der Waals surface area contributed by atoms with Crippen LogP contribution in [0, 0.1) is 42.0 Å². The Hall–Kier alpha value is -8.87. The van der Waals surface area contributed by atoms with Crippen molar-refractivity contribution in [2.75, 3.05) is 0 Å². The van der Waals surface area contributed by atoms with Crippen LogP contribution in [0.1, 0.15) is 66.8 Å². The van der Waals surface area contributed by atoms with Crippen LogP contribution < -0.4 is 0 Å². The van der Waals surface area contributed by atoms with Gasteiger partial charge in [-0.15, -0.1) is 0 Å². The highest BCUT2D eigenvalue weighted by molar-refractivity contribution is 6.60. The van der Waals surface area contributed by atoms with Crippen molar-refractivity contribution >= 4 is 56.2 Å². The molecule has 0 saturated heterocycles. The summed E-state index contributed by atoms with van der Waals surface area (Å²) in [6, 6.07) is 48.6. The summed E-state index contributed by atoms with van der Waals surface area (Å²) >= 11 is 0. The SMILES string of the molecule is Cc1ccc(C2=C(c3ccc(F)cc3)C(=O)C(c3ccc(F)cc3)=C2c2ccc(C#Cc3ccc(C4=C(c5ccc(F)cc5)C(=O)C(c5ccc(F)cc5)=C4c4ccc(C(F)(F)F)cc4)cc3)cc2)cc1. The lowest BCUT2D eigenvalue weighted by atomic mass is 9.88. The number of aryl methyl sites for hydroxylation is 1. The fraction of sp³-hybridized carbons (Fsp3) is 0.0323. The molecule has 2 aliphatic rings. The zero-order chi connectivity index (χ0) is 49.6. The molecule has 344 valence electrons. The summed E-state index contributed by atoms with van der Waals surface area (Å²) in [5.41, 5.74) is 8.41. The number of carbonyl (C=O) groups excluding carboxylic acids is 2. The van der Waals surface area contributed by atoms with Gasteiger partial charge >= 0.3 is 6.18 Å². The molecule has 0 heterocycles. The first-order valence-electron chi connectivity index (χ1n) is 22.3. The summed E-state index contributed by atoms with van der Waals surface area (Å²) < 4.78 is 98.2. The van der Waals surface area contributed by atoms with Gasteiger partial charge in [0.15, 0.2) is 11.6 Å². The number of carbonyl (C=O) groups is 2. The van der Waals surface area contributed by atoms with Crippen molar-refractivity contribution in [2.24, 2.45) is 0 Å². The Labute approximate surface area is 404 Å². The Bertz CT molecular complexity index is 3600. The van der Waals surface area contributed by atoms with E-state index in [0.717, 1.165) is 23.3 Å². The zero-order valence-corrected chi connectivity index (χ0v) is 37.4. The molecule has 0 aliphatic heterocycles. The number of hydrogen-bond acceptors (Lipinski definition) is 2. The predicted octanol–water partition coefficient (Wildman–Crippen LogP) is 15.2. The molecule has 0 spiro atoms. The Kier molecular flexibility index (Phi) is 12.0. The molecule has 8 aromatic carbocycles. The summed E-state index contributed by atoms with van der Waals surface area (Å²) in [7, 11) is 0. The van der Waals surface area contributed by atoms with E-state index in [9.17, 15) is 40.3 Å². The van der Waals surface area contributed by atoms with Gasteiger partial charge in [0.05, 0.1) is 5.56 Å². The second kappa shape index (κ2) is 18.6. The average molecular weight is 945 g/mol. The number of Topliss-reactive ketones (excluding diaryl/α,β-unsaturated/α-hetero) is 2. The van der Waals surface area contributed by atoms with Gasteiger partial charge < -0.3 is 0 Å². The van der Waals surface area contributed by atoms with E-state index in [4.69, 9.17) is 0 Å². The largest absolute Gasteiger partial charge is 0.416 e. The Morgan fingerprint density at radius 2 is 0.507 bits per heavy atom. The van der Waals surface area contributed by atoms with Crippen LogP contribution in [0.3, 0.4) is 0 Å². The average Bonchev–Trinajstić information content (AvgIpc) is 3.85. The first kappa shape index (κ1) is 45.9. The van der Waals surface area contributed by atoms with Crippen molar-refractivity contribution in [3.05, 3.63) is 284 Å². The van der Waals surface area contributed by atoms with E-state index in [0.29, 0.717) is 83.5 Å². The van der Waals surface area contributed by atoms with E-state index >= 15 is 0 Å². The topological polar surface area (TPSA) is 34.1 Å². The first-order chi connectivity index (χ1) is 34.2. The van der Waals surface area contributed by atoms with Gasteiger partial charge in [-0.2, -0.15) is 13.2 Å². The molecule has 0 N–H and O–H groups in total. The predicted molar refractivity (Wildman–Crippen MR) is 264 cm³/mol. The van der Waals surface area contributed by atoms with Gasteiger partial charge in [-0.25, -0.2) is 17.6 Å². The Morgan fingerprint density at radius 3 is 0.761 bits per heavy atom. The second-order valence-corrected chi connectivity index (χ2v) is 17.0. The minimum absolute atomic E-state index is 0.141. The van der Waals surface area contributed by atoms with Gasteiger partial charge in [0.1, 0.15) is 23.3 Å². The third-order valence-corrected chi connectivity index (χ3v) is 12.5. The number of rotatable bonds is 8. The van der Waals surface area contributed by atoms with Crippen molar-refractivity contribution in [3.8, 4) is 11.8 Å². The highest BCUT2D eigenvalue weighted by atomic mass is 19.4. The highest BCUT2D eigenvalue weighted by Crippen LogP contribution is 2.52. The fourth-order valence-corrected chi connectivity index (χ4v) is 9.06. The lowest BCUT2D eigenvalue weighted by Crippen LogP contribution is -2.04. The summed E-state index contributed by atoms with van der Waals surface area (Å²) in [4.78, 5) is 29.3. The number of benzene rings is 8. The van der Waals surface area contributed by atoms with Crippen LogP contribution in [0.15, 0.2) is 194 Å². The zero-order valence-electron chi connectivity index (χ0n) is 37.4. The van der Waals surface area contributed by atoms with Crippen LogP contribution in [0.2, 0.25) is 0 Å².